The van der Waals surface area contributed by atoms with E-state index in [1.807, 2.05) is 6.92 Å². The van der Waals surface area contributed by atoms with Gasteiger partial charge in [0.15, 0.2) is 0 Å². The zero-order valence-electron chi connectivity index (χ0n) is 11.1. The molecule has 0 unspecified atom stereocenters. The van der Waals surface area contributed by atoms with Crippen LogP contribution in [0.5, 0.6) is 0 Å². The van der Waals surface area contributed by atoms with Gasteiger partial charge in [-0.3, -0.25) is 9.48 Å². The lowest BCUT2D eigenvalue weighted by molar-refractivity contribution is 0.101. The Morgan fingerprint density at radius 3 is 2.75 bits per heavy atom. The number of aromatic nitrogens is 2. The molecule has 0 fully saturated rings. The molecule has 0 aliphatic heterocycles. The van der Waals surface area contributed by atoms with E-state index in [0.717, 1.165) is 5.56 Å². The average molecular weight is 269 g/mol. The molecule has 0 bridgehead atoms. The molecule has 1 aromatic heterocycles. The third kappa shape index (κ3) is 2.78. The minimum Gasteiger partial charge on any atom is -0.396 e. The number of carbonyl (C=O) groups is 1. The van der Waals surface area contributed by atoms with E-state index >= 15 is 0 Å². The van der Waals surface area contributed by atoms with Crippen molar-refractivity contribution in [3.8, 4) is 6.07 Å². The lowest BCUT2D eigenvalue weighted by atomic mass is 10.1. The smallest absolute Gasteiger partial charge is 0.276 e. The van der Waals surface area contributed by atoms with E-state index in [-0.39, 0.29) is 5.91 Å². The van der Waals surface area contributed by atoms with Crippen LogP contribution in [0.4, 0.5) is 11.4 Å². The summed E-state index contributed by atoms with van der Waals surface area (Å²) in [5, 5.41) is 15.4. The number of nitriles is 1. The van der Waals surface area contributed by atoms with Crippen molar-refractivity contribution in [2.45, 2.75) is 19.9 Å². The largest absolute Gasteiger partial charge is 0.396 e. The number of benzene rings is 1. The molecular formula is C14H15N5O. The summed E-state index contributed by atoms with van der Waals surface area (Å²) in [6, 6.07) is 9.20. The van der Waals surface area contributed by atoms with Gasteiger partial charge in [-0.15, -0.1) is 0 Å². The topological polar surface area (TPSA) is 96.7 Å². The number of nitrogens with zero attached hydrogens (tertiary/aromatic N) is 3. The fourth-order valence-corrected chi connectivity index (χ4v) is 1.88. The predicted octanol–water partition coefficient (Wildman–Crippen LogP) is 1.80. The number of amides is 1. The van der Waals surface area contributed by atoms with Crippen LogP contribution in [0.1, 0.15) is 23.0 Å². The highest BCUT2D eigenvalue weighted by atomic mass is 16.2. The zero-order valence-corrected chi connectivity index (χ0v) is 11.1. The molecule has 3 N–H and O–H groups in total. The quantitative estimate of drug-likeness (QED) is 0.884. The summed E-state index contributed by atoms with van der Waals surface area (Å²) in [5.41, 5.74) is 8.02. The van der Waals surface area contributed by atoms with Gasteiger partial charge in [0.2, 0.25) is 0 Å². The molecule has 0 radical (unpaired) electrons. The molecule has 2 aromatic rings. The molecule has 0 aliphatic carbocycles. The SMILES string of the molecule is CCn1ncc(N)c1C(=O)Nc1ccc(CC#N)cc1. The maximum absolute atomic E-state index is 12.2. The molecule has 1 heterocycles. The number of hydrogen-bond acceptors (Lipinski definition) is 4. The second-order valence-corrected chi connectivity index (χ2v) is 4.25. The Kier molecular flexibility index (Phi) is 4.01. The molecule has 0 spiro atoms. The highest BCUT2D eigenvalue weighted by Crippen LogP contribution is 2.15. The molecule has 2 rings (SSSR count). The summed E-state index contributed by atoms with van der Waals surface area (Å²) in [5.74, 6) is -0.296. The predicted molar refractivity (Wildman–Crippen MR) is 76.0 cm³/mol. The second kappa shape index (κ2) is 5.89. The van der Waals surface area contributed by atoms with Crippen molar-refractivity contribution in [3.63, 3.8) is 0 Å². The van der Waals surface area contributed by atoms with Gasteiger partial charge < -0.3 is 11.1 Å². The Morgan fingerprint density at radius 1 is 1.45 bits per heavy atom. The second-order valence-electron chi connectivity index (χ2n) is 4.25. The van der Waals surface area contributed by atoms with Crippen LogP contribution in [0, 0.1) is 11.3 Å². The van der Waals surface area contributed by atoms with Crippen LogP contribution < -0.4 is 11.1 Å². The number of hydrogen-bond donors (Lipinski definition) is 2. The van der Waals surface area contributed by atoms with Gasteiger partial charge >= 0.3 is 0 Å². The van der Waals surface area contributed by atoms with Gasteiger partial charge in [0.05, 0.1) is 24.4 Å². The molecule has 0 atom stereocenters. The van der Waals surface area contributed by atoms with E-state index in [4.69, 9.17) is 11.0 Å². The van der Waals surface area contributed by atoms with Crippen LogP contribution >= 0.6 is 0 Å². The molecule has 0 saturated carbocycles. The van der Waals surface area contributed by atoms with Gasteiger partial charge in [0, 0.05) is 12.2 Å². The molecule has 102 valence electrons. The maximum atomic E-state index is 12.2. The molecule has 20 heavy (non-hydrogen) atoms. The van der Waals surface area contributed by atoms with Gasteiger partial charge in [-0.05, 0) is 24.6 Å². The lowest BCUT2D eigenvalue weighted by Crippen LogP contribution is -2.18. The third-order valence-electron chi connectivity index (χ3n) is 2.88. The number of nitrogens with two attached hydrogens (primary N) is 1. The first-order valence-corrected chi connectivity index (χ1v) is 6.24. The number of nitrogen functional groups attached to an aromatic ring is 1. The maximum Gasteiger partial charge on any atom is 0.276 e. The van der Waals surface area contributed by atoms with Crippen LogP contribution in [0.3, 0.4) is 0 Å². The van der Waals surface area contributed by atoms with Crippen LogP contribution in [0.25, 0.3) is 0 Å². The van der Waals surface area contributed by atoms with E-state index < -0.39 is 0 Å². The van der Waals surface area contributed by atoms with Gasteiger partial charge in [0.25, 0.3) is 5.91 Å². The zero-order chi connectivity index (χ0) is 14.5. The number of carbonyl (C=O) groups excluding carboxylic acids is 1. The van der Waals surface area contributed by atoms with Gasteiger partial charge in [-0.25, -0.2) is 0 Å². The molecule has 6 nitrogen and oxygen atoms in total. The van der Waals surface area contributed by atoms with Crippen LogP contribution in [0.2, 0.25) is 0 Å². The third-order valence-corrected chi connectivity index (χ3v) is 2.88. The van der Waals surface area contributed by atoms with Crippen molar-refractivity contribution in [2.24, 2.45) is 0 Å². The molecule has 0 aliphatic rings. The summed E-state index contributed by atoms with van der Waals surface area (Å²) in [6.45, 7) is 2.46. The van der Waals surface area contributed by atoms with E-state index in [1.165, 1.54) is 6.20 Å². The highest BCUT2D eigenvalue weighted by Gasteiger charge is 2.16. The van der Waals surface area contributed by atoms with Crippen LogP contribution in [-0.4, -0.2) is 15.7 Å². The summed E-state index contributed by atoms with van der Waals surface area (Å²) >= 11 is 0. The molecule has 1 amide bonds. The van der Waals surface area contributed by atoms with Crippen molar-refractivity contribution in [1.82, 2.24) is 9.78 Å². The van der Waals surface area contributed by atoms with Crippen molar-refractivity contribution in [2.75, 3.05) is 11.1 Å². The monoisotopic (exact) mass is 269 g/mol. The molecule has 0 saturated heterocycles. The van der Waals surface area contributed by atoms with Crippen LogP contribution in [-0.2, 0) is 13.0 Å². The lowest BCUT2D eigenvalue weighted by Gasteiger charge is -2.08. The van der Waals surface area contributed by atoms with E-state index in [1.54, 1.807) is 28.9 Å². The Bertz CT molecular complexity index is 651. The number of aryl methyl sites for hydroxylation is 1. The number of rotatable bonds is 4. The first-order valence-electron chi connectivity index (χ1n) is 6.24. The first-order chi connectivity index (χ1) is 9.65. The minimum atomic E-state index is -0.296. The van der Waals surface area contributed by atoms with E-state index in [0.29, 0.717) is 30.0 Å². The van der Waals surface area contributed by atoms with Crippen molar-refractivity contribution < 1.29 is 4.79 Å². The molecular weight excluding hydrogens is 254 g/mol. The Labute approximate surface area is 116 Å². The van der Waals surface area contributed by atoms with E-state index in [2.05, 4.69) is 16.5 Å². The standard InChI is InChI=1S/C14H15N5O/c1-2-19-13(12(16)9-17-19)14(20)18-11-5-3-10(4-6-11)7-8-15/h3-6,9H,2,7,16H2,1H3,(H,18,20). The van der Waals surface area contributed by atoms with Crippen molar-refractivity contribution >= 4 is 17.3 Å². The number of nitrogens with one attached hydrogen (secondary N) is 1. The van der Waals surface area contributed by atoms with Crippen LogP contribution in [0.15, 0.2) is 30.5 Å². The van der Waals surface area contributed by atoms with Gasteiger partial charge in [-0.2, -0.15) is 10.4 Å². The minimum absolute atomic E-state index is 0.296. The fourth-order valence-electron chi connectivity index (χ4n) is 1.88. The van der Waals surface area contributed by atoms with Crippen molar-refractivity contribution in [3.05, 3.63) is 41.7 Å². The Balaban J connectivity index is 2.15. The number of anilines is 2. The average Bonchev–Trinajstić information content (AvgIpc) is 2.82. The summed E-state index contributed by atoms with van der Waals surface area (Å²) < 4.78 is 1.55. The van der Waals surface area contributed by atoms with Gasteiger partial charge in [0.1, 0.15) is 5.69 Å². The Hall–Kier alpha value is -2.81. The van der Waals surface area contributed by atoms with Crippen molar-refractivity contribution in [1.29, 1.82) is 5.26 Å². The van der Waals surface area contributed by atoms with E-state index in [9.17, 15) is 4.79 Å². The molecule has 6 heteroatoms. The fraction of sp³-hybridized carbons (Fsp3) is 0.214. The van der Waals surface area contributed by atoms with Gasteiger partial charge in [-0.1, -0.05) is 12.1 Å². The highest BCUT2D eigenvalue weighted by molar-refractivity contribution is 6.06. The Morgan fingerprint density at radius 2 is 2.15 bits per heavy atom. The summed E-state index contributed by atoms with van der Waals surface area (Å²) in [4.78, 5) is 12.2. The summed E-state index contributed by atoms with van der Waals surface area (Å²) in [6.07, 6.45) is 1.82. The normalized spacial score (nSPS) is 10.0. The molecule has 1 aromatic carbocycles. The first kappa shape index (κ1) is 13.6. The summed E-state index contributed by atoms with van der Waals surface area (Å²) in [7, 11) is 0.